The molecule has 0 rings (SSSR count). The maximum Gasteiger partial charge on any atom is 0.0526 e. The van der Waals surface area contributed by atoms with Gasteiger partial charge in [0.15, 0.2) is 0 Å². The van der Waals surface area contributed by atoms with Gasteiger partial charge in [0.25, 0.3) is 0 Å². The molecule has 0 radical (unpaired) electrons. The first-order valence-electron chi connectivity index (χ1n) is 5.24. The van der Waals surface area contributed by atoms with Crippen LogP contribution in [0.2, 0.25) is 0 Å². The third-order valence-corrected chi connectivity index (χ3v) is 2.14. The molecule has 3 unspecified atom stereocenters. The van der Waals surface area contributed by atoms with Gasteiger partial charge in [-0.25, -0.2) is 0 Å². The van der Waals surface area contributed by atoms with E-state index in [-0.39, 0.29) is 6.10 Å². The molecule has 4 N–H and O–H groups in total. The maximum absolute atomic E-state index is 9.17. The highest BCUT2D eigenvalue weighted by atomic mass is 16.3. The molecule has 13 heavy (non-hydrogen) atoms. The van der Waals surface area contributed by atoms with Gasteiger partial charge in [-0.15, -0.1) is 0 Å². The van der Waals surface area contributed by atoms with Gasteiger partial charge < -0.3 is 16.2 Å². The van der Waals surface area contributed by atoms with E-state index in [9.17, 15) is 0 Å². The van der Waals surface area contributed by atoms with Crippen LogP contribution in [0.4, 0.5) is 0 Å². The van der Waals surface area contributed by atoms with Gasteiger partial charge in [0, 0.05) is 18.6 Å². The molecule has 0 heterocycles. The van der Waals surface area contributed by atoms with Crippen molar-refractivity contribution < 1.29 is 5.11 Å². The lowest BCUT2D eigenvalue weighted by atomic mass is 10.1. The molecule has 0 saturated heterocycles. The van der Waals surface area contributed by atoms with Crippen molar-refractivity contribution in [2.24, 2.45) is 5.73 Å². The lowest BCUT2D eigenvalue weighted by Crippen LogP contribution is -2.42. The second-order valence-corrected chi connectivity index (χ2v) is 3.87. The lowest BCUT2D eigenvalue weighted by molar-refractivity contribution is 0.167. The van der Waals surface area contributed by atoms with E-state index < -0.39 is 0 Å². The largest absolute Gasteiger partial charge is 0.393 e. The summed E-state index contributed by atoms with van der Waals surface area (Å²) in [6.07, 6.45) is 2.82. The van der Waals surface area contributed by atoms with E-state index in [1.807, 2.05) is 6.92 Å². The Hall–Kier alpha value is -0.120. The van der Waals surface area contributed by atoms with Crippen LogP contribution in [0.3, 0.4) is 0 Å². The zero-order valence-electron chi connectivity index (χ0n) is 9.09. The predicted molar refractivity (Wildman–Crippen MR) is 56.6 cm³/mol. The average molecular weight is 188 g/mol. The van der Waals surface area contributed by atoms with Gasteiger partial charge >= 0.3 is 0 Å². The van der Waals surface area contributed by atoms with Crippen LogP contribution in [0.15, 0.2) is 0 Å². The summed E-state index contributed by atoms with van der Waals surface area (Å²) in [7, 11) is 0. The van der Waals surface area contributed by atoms with Gasteiger partial charge in [-0.2, -0.15) is 0 Å². The standard InChI is InChI=1S/C10H24N2O/c1-4-5-10(7-11)12-8(2)6-9(3)13/h8-10,12-13H,4-7,11H2,1-3H3. The van der Waals surface area contributed by atoms with Gasteiger partial charge in [-0.05, 0) is 26.7 Å². The number of aliphatic hydroxyl groups excluding tert-OH is 1. The van der Waals surface area contributed by atoms with Crippen LogP contribution in [0.1, 0.15) is 40.0 Å². The third kappa shape index (κ3) is 6.99. The number of rotatable bonds is 7. The highest BCUT2D eigenvalue weighted by molar-refractivity contribution is 4.73. The summed E-state index contributed by atoms with van der Waals surface area (Å²) < 4.78 is 0. The molecule has 0 aliphatic carbocycles. The molecule has 0 aromatic carbocycles. The van der Waals surface area contributed by atoms with Gasteiger partial charge in [-0.3, -0.25) is 0 Å². The molecular weight excluding hydrogens is 164 g/mol. The van der Waals surface area contributed by atoms with E-state index in [2.05, 4.69) is 19.2 Å². The highest BCUT2D eigenvalue weighted by Gasteiger charge is 2.10. The van der Waals surface area contributed by atoms with Crippen molar-refractivity contribution in [3.63, 3.8) is 0 Å². The van der Waals surface area contributed by atoms with E-state index in [4.69, 9.17) is 10.8 Å². The molecule has 0 fully saturated rings. The van der Waals surface area contributed by atoms with Crippen molar-refractivity contribution in [1.82, 2.24) is 5.32 Å². The summed E-state index contributed by atoms with van der Waals surface area (Å²) in [4.78, 5) is 0. The first kappa shape index (κ1) is 12.9. The van der Waals surface area contributed by atoms with Gasteiger partial charge in [0.1, 0.15) is 0 Å². The number of nitrogens with two attached hydrogens (primary N) is 1. The lowest BCUT2D eigenvalue weighted by Gasteiger charge is -2.22. The van der Waals surface area contributed by atoms with Crippen LogP contribution in [0.25, 0.3) is 0 Å². The molecule has 0 aliphatic heterocycles. The Kier molecular flexibility index (Phi) is 7.23. The molecule has 0 aromatic rings. The highest BCUT2D eigenvalue weighted by Crippen LogP contribution is 2.01. The Bertz CT molecular complexity index is 117. The molecule has 0 amide bonds. The number of hydrogen-bond donors (Lipinski definition) is 3. The topological polar surface area (TPSA) is 58.3 Å². The second-order valence-electron chi connectivity index (χ2n) is 3.87. The molecule has 80 valence electrons. The zero-order valence-corrected chi connectivity index (χ0v) is 9.09. The van der Waals surface area contributed by atoms with E-state index in [1.165, 1.54) is 0 Å². The summed E-state index contributed by atoms with van der Waals surface area (Å²) in [5, 5.41) is 12.6. The molecule has 0 spiro atoms. The monoisotopic (exact) mass is 188 g/mol. The molecule has 3 nitrogen and oxygen atoms in total. The number of nitrogens with one attached hydrogen (secondary N) is 1. The van der Waals surface area contributed by atoms with E-state index in [1.54, 1.807) is 0 Å². The Morgan fingerprint density at radius 3 is 2.38 bits per heavy atom. The molecule has 0 bridgehead atoms. The first-order valence-corrected chi connectivity index (χ1v) is 5.24. The van der Waals surface area contributed by atoms with Crippen molar-refractivity contribution in [3.05, 3.63) is 0 Å². The van der Waals surface area contributed by atoms with Crippen LogP contribution in [-0.4, -0.2) is 29.8 Å². The predicted octanol–water partition coefficient (Wildman–Crippen LogP) is 0.863. The van der Waals surface area contributed by atoms with Crippen LogP contribution >= 0.6 is 0 Å². The molecule has 0 aliphatic rings. The number of aliphatic hydroxyl groups is 1. The third-order valence-electron chi connectivity index (χ3n) is 2.14. The first-order chi connectivity index (χ1) is 6.10. The smallest absolute Gasteiger partial charge is 0.0526 e. The van der Waals surface area contributed by atoms with Crippen molar-refractivity contribution in [2.45, 2.75) is 58.2 Å². The zero-order chi connectivity index (χ0) is 10.3. The summed E-state index contributed by atoms with van der Waals surface area (Å²) in [6.45, 7) is 6.74. The summed E-state index contributed by atoms with van der Waals surface area (Å²) >= 11 is 0. The van der Waals surface area contributed by atoms with Gasteiger partial charge in [0.05, 0.1) is 6.10 Å². The second kappa shape index (κ2) is 7.30. The summed E-state index contributed by atoms with van der Waals surface area (Å²) in [6, 6.07) is 0.749. The van der Waals surface area contributed by atoms with E-state index in [0.717, 1.165) is 19.3 Å². The summed E-state index contributed by atoms with van der Waals surface area (Å²) in [5.74, 6) is 0. The van der Waals surface area contributed by atoms with Crippen molar-refractivity contribution in [2.75, 3.05) is 6.54 Å². The molecule has 3 atom stereocenters. The van der Waals surface area contributed by atoms with E-state index >= 15 is 0 Å². The Labute approximate surface area is 81.7 Å². The van der Waals surface area contributed by atoms with Crippen molar-refractivity contribution in [1.29, 1.82) is 0 Å². The quantitative estimate of drug-likeness (QED) is 0.555. The van der Waals surface area contributed by atoms with Crippen molar-refractivity contribution in [3.8, 4) is 0 Å². The van der Waals surface area contributed by atoms with Crippen LogP contribution in [-0.2, 0) is 0 Å². The Morgan fingerprint density at radius 1 is 1.38 bits per heavy atom. The maximum atomic E-state index is 9.17. The molecule has 3 heteroatoms. The van der Waals surface area contributed by atoms with Crippen LogP contribution < -0.4 is 11.1 Å². The fourth-order valence-electron chi connectivity index (χ4n) is 1.60. The number of hydrogen-bond acceptors (Lipinski definition) is 3. The normalized spacial score (nSPS) is 18.2. The summed E-state index contributed by atoms with van der Waals surface area (Å²) in [5.41, 5.74) is 5.61. The molecular formula is C10H24N2O. The van der Waals surface area contributed by atoms with Crippen LogP contribution in [0, 0.1) is 0 Å². The fraction of sp³-hybridized carbons (Fsp3) is 1.00. The van der Waals surface area contributed by atoms with Gasteiger partial charge in [0.2, 0.25) is 0 Å². The molecule has 0 aromatic heterocycles. The average Bonchev–Trinajstić information content (AvgIpc) is 2.02. The van der Waals surface area contributed by atoms with E-state index in [0.29, 0.717) is 18.6 Å². The Morgan fingerprint density at radius 2 is 2.00 bits per heavy atom. The van der Waals surface area contributed by atoms with Crippen LogP contribution in [0.5, 0.6) is 0 Å². The molecule has 0 saturated carbocycles. The van der Waals surface area contributed by atoms with Gasteiger partial charge in [-0.1, -0.05) is 13.3 Å². The minimum Gasteiger partial charge on any atom is -0.393 e. The minimum absolute atomic E-state index is 0.234. The van der Waals surface area contributed by atoms with Crippen molar-refractivity contribution >= 4 is 0 Å². The fourth-order valence-corrected chi connectivity index (χ4v) is 1.60. The Balaban J connectivity index is 3.65. The SMILES string of the molecule is CCCC(CN)NC(C)CC(C)O. The minimum atomic E-state index is -0.234.